The number of nitrogens with two attached hydrogens (primary N) is 1. The molecule has 17 heavy (non-hydrogen) atoms. The van der Waals surface area contributed by atoms with Gasteiger partial charge in [-0.15, -0.1) is 0 Å². The summed E-state index contributed by atoms with van der Waals surface area (Å²) in [6, 6.07) is 0.250. The van der Waals surface area contributed by atoms with Crippen molar-refractivity contribution >= 4 is 5.91 Å². The first-order chi connectivity index (χ1) is 8.20. The lowest BCUT2D eigenvalue weighted by atomic mass is 9.83. The van der Waals surface area contributed by atoms with E-state index in [9.17, 15) is 4.79 Å². The predicted octanol–water partition coefficient (Wildman–Crippen LogP) is 2.15. The number of nitrogens with zero attached hydrogens (tertiary/aromatic N) is 1. The molecule has 2 N–H and O–H groups in total. The zero-order valence-electron chi connectivity index (χ0n) is 11.0. The van der Waals surface area contributed by atoms with Gasteiger partial charge in [0.15, 0.2) is 0 Å². The van der Waals surface area contributed by atoms with Crippen LogP contribution in [-0.2, 0) is 4.79 Å². The lowest BCUT2D eigenvalue weighted by Gasteiger charge is -2.35. The van der Waals surface area contributed by atoms with E-state index in [-0.39, 0.29) is 12.0 Å². The first kappa shape index (κ1) is 12.9. The number of hydrogen-bond donors (Lipinski definition) is 1. The van der Waals surface area contributed by atoms with Crippen LogP contribution in [0.5, 0.6) is 0 Å². The standard InChI is InChI=1S/C14H26N2O/c1-2-16(10-11-5-3-6-11)14(17)12-7-4-8-13(15)9-12/h11-13H,2-10,15H2,1H3. The second-order valence-electron chi connectivity index (χ2n) is 5.80. The number of carbonyl (C=O) groups excluding carboxylic acids is 1. The fourth-order valence-electron chi connectivity index (χ4n) is 3.07. The van der Waals surface area contributed by atoms with Crippen LogP contribution < -0.4 is 5.73 Å². The summed E-state index contributed by atoms with van der Waals surface area (Å²) in [6.45, 7) is 3.95. The Hall–Kier alpha value is -0.570. The molecule has 0 aromatic heterocycles. The minimum atomic E-state index is 0.207. The molecule has 2 aliphatic carbocycles. The molecule has 2 rings (SSSR count). The van der Waals surface area contributed by atoms with Gasteiger partial charge in [0.05, 0.1) is 0 Å². The molecule has 0 aromatic carbocycles. The highest BCUT2D eigenvalue weighted by atomic mass is 16.2. The maximum atomic E-state index is 12.4. The molecular weight excluding hydrogens is 212 g/mol. The molecule has 1 amide bonds. The van der Waals surface area contributed by atoms with E-state index in [0.717, 1.165) is 44.7 Å². The molecule has 0 saturated heterocycles. The molecule has 0 bridgehead atoms. The van der Waals surface area contributed by atoms with Gasteiger partial charge in [0, 0.05) is 25.0 Å². The molecule has 2 unspecified atom stereocenters. The molecule has 2 saturated carbocycles. The van der Waals surface area contributed by atoms with Crippen molar-refractivity contribution in [2.45, 2.75) is 57.9 Å². The zero-order valence-corrected chi connectivity index (χ0v) is 11.0. The molecule has 0 heterocycles. The zero-order chi connectivity index (χ0) is 12.3. The van der Waals surface area contributed by atoms with Crippen LogP contribution >= 0.6 is 0 Å². The lowest BCUT2D eigenvalue weighted by molar-refractivity contribution is -0.137. The maximum absolute atomic E-state index is 12.4. The van der Waals surface area contributed by atoms with Crippen LogP contribution in [0.3, 0.4) is 0 Å². The molecule has 0 radical (unpaired) electrons. The highest BCUT2D eigenvalue weighted by Gasteiger charge is 2.30. The third kappa shape index (κ3) is 3.21. The Morgan fingerprint density at radius 1 is 1.24 bits per heavy atom. The molecule has 0 aliphatic heterocycles. The van der Waals surface area contributed by atoms with E-state index in [0.29, 0.717) is 5.91 Å². The van der Waals surface area contributed by atoms with Crippen LogP contribution in [-0.4, -0.2) is 29.9 Å². The Balaban J connectivity index is 1.86. The van der Waals surface area contributed by atoms with Gasteiger partial charge in [-0.05, 0) is 44.9 Å². The van der Waals surface area contributed by atoms with Crippen molar-refractivity contribution in [3.05, 3.63) is 0 Å². The molecule has 0 aromatic rings. The van der Waals surface area contributed by atoms with E-state index in [2.05, 4.69) is 11.8 Å². The Bertz CT molecular complexity index is 263. The van der Waals surface area contributed by atoms with Crippen molar-refractivity contribution < 1.29 is 4.79 Å². The summed E-state index contributed by atoms with van der Waals surface area (Å²) in [7, 11) is 0. The van der Waals surface area contributed by atoms with Crippen molar-refractivity contribution in [2.24, 2.45) is 17.6 Å². The highest BCUT2D eigenvalue weighted by molar-refractivity contribution is 5.79. The maximum Gasteiger partial charge on any atom is 0.225 e. The summed E-state index contributed by atoms with van der Waals surface area (Å²) in [4.78, 5) is 14.5. The van der Waals surface area contributed by atoms with Gasteiger partial charge < -0.3 is 10.6 Å². The Labute approximate surface area is 105 Å². The van der Waals surface area contributed by atoms with Gasteiger partial charge in [0.25, 0.3) is 0 Å². The van der Waals surface area contributed by atoms with Crippen molar-refractivity contribution in [2.75, 3.05) is 13.1 Å². The summed E-state index contributed by atoms with van der Waals surface area (Å²) < 4.78 is 0. The van der Waals surface area contributed by atoms with Gasteiger partial charge in [0.2, 0.25) is 5.91 Å². The largest absolute Gasteiger partial charge is 0.342 e. The topological polar surface area (TPSA) is 46.3 Å². The highest BCUT2D eigenvalue weighted by Crippen LogP contribution is 2.29. The summed E-state index contributed by atoms with van der Waals surface area (Å²) in [6.07, 6.45) is 8.15. The van der Waals surface area contributed by atoms with Crippen LogP contribution in [0.25, 0.3) is 0 Å². The first-order valence-corrected chi connectivity index (χ1v) is 7.25. The second kappa shape index (κ2) is 5.85. The summed E-state index contributed by atoms with van der Waals surface area (Å²) in [5.41, 5.74) is 5.97. The van der Waals surface area contributed by atoms with E-state index >= 15 is 0 Å². The van der Waals surface area contributed by atoms with Crippen LogP contribution in [0.1, 0.15) is 51.9 Å². The third-order valence-corrected chi connectivity index (χ3v) is 4.46. The van der Waals surface area contributed by atoms with E-state index in [1.807, 2.05) is 0 Å². The van der Waals surface area contributed by atoms with Gasteiger partial charge >= 0.3 is 0 Å². The lowest BCUT2D eigenvalue weighted by Crippen LogP contribution is -2.43. The summed E-state index contributed by atoms with van der Waals surface area (Å²) >= 11 is 0. The molecule has 98 valence electrons. The number of rotatable bonds is 4. The van der Waals surface area contributed by atoms with Gasteiger partial charge in [-0.3, -0.25) is 4.79 Å². The molecule has 2 atom stereocenters. The quantitative estimate of drug-likeness (QED) is 0.815. The normalized spacial score (nSPS) is 29.8. The van der Waals surface area contributed by atoms with E-state index < -0.39 is 0 Å². The Morgan fingerprint density at radius 3 is 2.47 bits per heavy atom. The minimum Gasteiger partial charge on any atom is -0.342 e. The average molecular weight is 238 g/mol. The van der Waals surface area contributed by atoms with Crippen LogP contribution in [0.2, 0.25) is 0 Å². The van der Waals surface area contributed by atoms with Crippen molar-refractivity contribution in [1.29, 1.82) is 0 Å². The molecule has 2 aliphatic rings. The Morgan fingerprint density at radius 2 is 1.94 bits per heavy atom. The molecule has 0 spiro atoms. The van der Waals surface area contributed by atoms with E-state index in [4.69, 9.17) is 5.73 Å². The van der Waals surface area contributed by atoms with Crippen LogP contribution in [0.15, 0.2) is 0 Å². The number of hydrogen-bond acceptors (Lipinski definition) is 2. The smallest absolute Gasteiger partial charge is 0.225 e. The monoisotopic (exact) mass is 238 g/mol. The first-order valence-electron chi connectivity index (χ1n) is 7.25. The second-order valence-corrected chi connectivity index (χ2v) is 5.80. The minimum absolute atomic E-state index is 0.207. The SMILES string of the molecule is CCN(CC1CCC1)C(=O)C1CCCC(N)C1. The number of carbonyl (C=O) groups is 1. The van der Waals surface area contributed by atoms with Crippen LogP contribution in [0, 0.1) is 11.8 Å². The fourth-order valence-corrected chi connectivity index (χ4v) is 3.07. The van der Waals surface area contributed by atoms with Gasteiger partial charge in [0.1, 0.15) is 0 Å². The van der Waals surface area contributed by atoms with Crippen molar-refractivity contribution in [3.8, 4) is 0 Å². The van der Waals surface area contributed by atoms with Crippen molar-refractivity contribution in [1.82, 2.24) is 4.90 Å². The Kier molecular flexibility index (Phi) is 4.43. The van der Waals surface area contributed by atoms with Crippen molar-refractivity contribution in [3.63, 3.8) is 0 Å². The summed E-state index contributed by atoms with van der Waals surface area (Å²) in [5.74, 6) is 1.35. The fraction of sp³-hybridized carbons (Fsp3) is 0.929. The molecule has 2 fully saturated rings. The number of amides is 1. The predicted molar refractivity (Wildman–Crippen MR) is 69.5 cm³/mol. The van der Waals surface area contributed by atoms with E-state index in [1.54, 1.807) is 0 Å². The van der Waals surface area contributed by atoms with Gasteiger partial charge in [-0.2, -0.15) is 0 Å². The van der Waals surface area contributed by atoms with Gasteiger partial charge in [-0.1, -0.05) is 12.8 Å². The van der Waals surface area contributed by atoms with E-state index in [1.165, 1.54) is 19.3 Å². The molecular formula is C14H26N2O. The summed E-state index contributed by atoms with van der Waals surface area (Å²) in [5, 5.41) is 0. The molecule has 3 heteroatoms. The average Bonchev–Trinajstić information content (AvgIpc) is 2.27. The van der Waals surface area contributed by atoms with Gasteiger partial charge in [-0.25, -0.2) is 0 Å². The third-order valence-electron chi connectivity index (χ3n) is 4.46. The molecule has 3 nitrogen and oxygen atoms in total. The van der Waals surface area contributed by atoms with Crippen LogP contribution in [0.4, 0.5) is 0 Å².